The Balaban J connectivity index is 2.23. The van der Waals surface area contributed by atoms with Crippen molar-refractivity contribution in [1.29, 1.82) is 0 Å². The molecule has 1 saturated carbocycles. The molecule has 0 aromatic heterocycles. The van der Waals surface area contributed by atoms with Gasteiger partial charge in [-0.05, 0) is 37.5 Å². The molecular formula is C14H22N2O4S. The summed E-state index contributed by atoms with van der Waals surface area (Å²) in [5.41, 5.74) is 6.29. The lowest BCUT2D eigenvalue weighted by Gasteiger charge is -2.20. The van der Waals surface area contributed by atoms with Gasteiger partial charge in [0.1, 0.15) is 5.75 Å². The second-order valence-corrected chi connectivity index (χ2v) is 6.82. The summed E-state index contributed by atoms with van der Waals surface area (Å²) in [5, 5.41) is 0. The van der Waals surface area contributed by atoms with E-state index in [2.05, 4.69) is 4.72 Å². The highest BCUT2D eigenvalue weighted by molar-refractivity contribution is 7.89. The highest BCUT2D eigenvalue weighted by atomic mass is 32.2. The second-order valence-electron chi connectivity index (χ2n) is 5.11. The molecule has 21 heavy (non-hydrogen) atoms. The summed E-state index contributed by atoms with van der Waals surface area (Å²) >= 11 is 0. The molecule has 0 amide bonds. The molecular weight excluding hydrogens is 292 g/mol. The van der Waals surface area contributed by atoms with Crippen LogP contribution in [0.3, 0.4) is 0 Å². The average Bonchev–Trinajstić information content (AvgIpc) is 2.92. The lowest BCUT2D eigenvalue weighted by atomic mass is 10.2. The number of sulfonamides is 1. The zero-order valence-corrected chi connectivity index (χ0v) is 13.2. The Kier molecular flexibility index (Phi) is 5.21. The molecule has 6 nitrogen and oxygen atoms in total. The summed E-state index contributed by atoms with van der Waals surface area (Å²) in [4.78, 5) is 0.200. The van der Waals surface area contributed by atoms with E-state index in [9.17, 15) is 8.42 Å². The highest BCUT2D eigenvalue weighted by Crippen LogP contribution is 2.25. The maximum absolute atomic E-state index is 12.5. The van der Waals surface area contributed by atoms with Gasteiger partial charge in [0.15, 0.2) is 0 Å². The third-order valence-electron chi connectivity index (χ3n) is 3.84. The van der Waals surface area contributed by atoms with Crippen LogP contribution in [0.15, 0.2) is 23.1 Å². The lowest BCUT2D eigenvalue weighted by Crippen LogP contribution is -2.40. The van der Waals surface area contributed by atoms with Crippen LogP contribution in [0.5, 0.6) is 5.75 Å². The lowest BCUT2D eigenvalue weighted by molar-refractivity contribution is 0.0916. The highest BCUT2D eigenvalue weighted by Gasteiger charge is 2.31. The van der Waals surface area contributed by atoms with Crippen LogP contribution in [0.25, 0.3) is 0 Å². The molecule has 1 fully saturated rings. The van der Waals surface area contributed by atoms with Crippen LogP contribution in [0.2, 0.25) is 0 Å². The monoisotopic (exact) mass is 314 g/mol. The molecule has 7 heteroatoms. The maximum Gasteiger partial charge on any atom is 0.240 e. The molecule has 1 aromatic carbocycles. The van der Waals surface area contributed by atoms with E-state index in [4.69, 9.17) is 15.2 Å². The first-order valence-corrected chi connectivity index (χ1v) is 8.42. The van der Waals surface area contributed by atoms with Crippen molar-refractivity contribution in [2.24, 2.45) is 5.73 Å². The normalized spacial score (nSPS) is 22.4. The molecule has 0 radical (unpaired) electrons. The number of methoxy groups -OCH3 is 2. The SMILES string of the molecule is COc1ccc(S(=O)(=O)NC2CCCC2OC)cc1CN. The Morgan fingerprint density at radius 1 is 1.33 bits per heavy atom. The van der Waals surface area contributed by atoms with Crippen molar-refractivity contribution in [1.82, 2.24) is 4.72 Å². The molecule has 1 aromatic rings. The van der Waals surface area contributed by atoms with Crippen LogP contribution in [-0.2, 0) is 21.3 Å². The number of rotatable bonds is 6. The van der Waals surface area contributed by atoms with Gasteiger partial charge in [0.25, 0.3) is 0 Å². The minimum absolute atomic E-state index is 0.0630. The van der Waals surface area contributed by atoms with Crippen molar-refractivity contribution >= 4 is 10.0 Å². The van der Waals surface area contributed by atoms with Crippen molar-refractivity contribution in [3.05, 3.63) is 23.8 Å². The Morgan fingerprint density at radius 3 is 2.71 bits per heavy atom. The Morgan fingerprint density at radius 2 is 2.10 bits per heavy atom. The predicted molar refractivity (Wildman–Crippen MR) is 79.6 cm³/mol. The number of ether oxygens (including phenoxy) is 2. The molecule has 118 valence electrons. The first-order valence-electron chi connectivity index (χ1n) is 6.94. The van der Waals surface area contributed by atoms with Gasteiger partial charge in [0, 0.05) is 25.3 Å². The summed E-state index contributed by atoms with van der Waals surface area (Å²) < 4.78 is 38.1. The largest absolute Gasteiger partial charge is 0.496 e. The fourth-order valence-corrected chi connectivity index (χ4v) is 4.04. The summed E-state index contributed by atoms with van der Waals surface area (Å²) in [6.45, 7) is 0.219. The van der Waals surface area contributed by atoms with Crippen LogP contribution in [0.4, 0.5) is 0 Å². The van der Waals surface area contributed by atoms with Crippen LogP contribution in [0.1, 0.15) is 24.8 Å². The quantitative estimate of drug-likeness (QED) is 0.817. The first kappa shape index (κ1) is 16.2. The molecule has 2 unspecified atom stereocenters. The van der Waals surface area contributed by atoms with E-state index in [0.29, 0.717) is 11.3 Å². The van der Waals surface area contributed by atoms with Crippen LogP contribution in [0, 0.1) is 0 Å². The topological polar surface area (TPSA) is 90.7 Å². The fourth-order valence-electron chi connectivity index (χ4n) is 2.69. The number of hydrogen-bond acceptors (Lipinski definition) is 5. The molecule has 0 saturated heterocycles. The number of nitrogens with two attached hydrogens (primary N) is 1. The predicted octanol–water partition coefficient (Wildman–Crippen LogP) is 1.000. The molecule has 3 N–H and O–H groups in total. The minimum Gasteiger partial charge on any atom is -0.496 e. The van der Waals surface area contributed by atoms with Gasteiger partial charge >= 0.3 is 0 Å². The number of hydrogen-bond donors (Lipinski definition) is 2. The summed E-state index contributed by atoms with van der Waals surface area (Å²) in [5.74, 6) is 0.590. The Labute approximate surface area is 125 Å². The number of benzene rings is 1. The zero-order chi connectivity index (χ0) is 15.5. The van der Waals surface area contributed by atoms with E-state index in [0.717, 1.165) is 19.3 Å². The van der Waals surface area contributed by atoms with Crippen molar-refractivity contribution in [2.45, 2.75) is 42.8 Å². The van der Waals surface area contributed by atoms with Gasteiger partial charge in [-0.15, -0.1) is 0 Å². The maximum atomic E-state index is 12.5. The zero-order valence-electron chi connectivity index (χ0n) is 12.3. The van der Waals surface area contributed by atoms with Gasteiger partial charge in [-0.25, -0.2) is 13.1 Å². The summed E-state index contributed by atoms with van der Waals surface area (Å²) in [6.07, 6.45) is 2.56. The van der Waals surface area contributed by atoms with E-state index in [1.807, 2.05) is 0 Å². The fraction of sp³-hybridized carbons (Fsp3) is 0.571. The standard InChI is InChI=1S/C14H22N2O4S/c1-19-13-7-6-11(8-10(13)9-15)21(17,18)16-12-4-3-5-14(12)20-2/h6-8,12,14,16H,3-5,9,15H2,1-2H3. The molecule has 1 aliphatic carbocycles. The molecule has 0 bridgehead atoms. The van der Waals surface area contributed by atoms with Gasteiger partial charge in [-0.3, -0.25) is 0 Å². The van der Waals surface area contributed by atoms with E-state index in [-0.39, 0.29) is 23.6 Å². The van der Waals surface area contributed by atoms with Gasteiger partial charge in [-0.1, -0.05) is 0 Å². The van der Waals surface area contributed by atoms with Gasteiger partial charge < -0.3 is 15.2 Å². The molecule has 0 heterocycles. The molecule has 2 rings (SSSR count). The van der Waals surface area contributed by atoms with Crippen molar-refractivity contribution in [3.63, 3.8) is 0 Å². The summed E-state index contributed by atoms with van der Waals surface area (Å²) in [6, 6.07) is 4.53. The van der Waals surface area contributed by atoms with Crippen molar-refractivity contribution in [2.75, 3.05) is 14.2 Å². The van der Waals surface area contributed by atoms with Crippen LogP contribution < -0.4 is 15.2 Å². The Bertz CT molecular complexity index is 589. The summed E-state index contributed by atoms with van der Waals surface area (Å²) in [7, 11) is -0.447. The third-order valence-corrected chi connectivity index (χ3v) is 5.33. The van der Waals surface area contributed by atoms with E-state index in [1.54, 1.807) is 19.2 Å². The Hall–Kier alpha value is -1.15. The smallest absolute Gasteiger partial charge is 0.240 e. The molecule has 0 spiro atoms. The van der Waals surface area contributed by atoms with E-state index >= 15 is 0 Å². The van der Waals surface area contributed by atoms with E-state index in [1.165, 1.54) is 13.2 Å². The molecule has 0 aliphatic heterocycles. The molecule has 2 atom stereocenters. The second kappa shape index (κ2) is 6.74. The molecule has 1 aliphatic rings. The van der Waals surface area contributed by atoms with Crippen LogP contribution >= 0.6 is 0 Å². The number of nitrogens with one attached hydrogen (secondary N) is 1. The van der Waals surface area contributed by atoms with Crippen molar-refractivity contribution in [3.8, 4) is 5.75 Å². The van der Waals surface area contributed by atoms with E-state index < -0.39 is 10.0 Å². The van der Waals surface area contributed by atoms with Gasteiger partial charge in [0.05, 0.1) is 18.1 Å². The van der Waals surface area contributed by atoms with Gasteiger partial charge in [-0.2, -0.15) is 0 Å². The van der Waals surface area contributed by atoms with Gasteiger partial charge in [0.2, 0.25) is 10.0 Å². The minimum atomic E-state index is -3.59. The first-order chi connectivity index (χ1) is 10.0. The van der Waals surface area contributed by atoms with Crippen molar-refractivity contribution < 1.29 is 17.9 Å². The van der Waals surface area contributed by atoms with Crippen LogP contribution in [-0.4, -0.2) is 34.8 Å². The third kappa shape index (κ3) is 3.55. The average molecular weight is 314 g/mol.